The number of rotatable bonds is 4. The van der Waals surface area contributed by atoms with E-state index in [9.17, 15) is 4.79 Å². The van der Waals surface area contributed by atoms with E-state index < -0.39 is 0 Å². The zero-order valence-electron chi connectivity index (χ0n) is 14.4. The lowest BCUT2D eigenvalue weighted by molar-refractivity contribution is -0.129. The maximum absolute atomic E-state index is 12.4. The molecule has 130 valence electrons. The maximum Gasteiger partial charge on any atom is 0.256 e. The number of nitrogens with one attached hydrogen (secondary N) is 1. The van der Waals surface area contributed by atoms with Crippen LogP contribution in [-0.2, 0) is 17.8 Å². The minimum Gasteiger partial charge on any atom is -0.304 e. The van der Waals surface area contributed by atoms with E-state index in [4.69, 9.17) is 0 Å². The summed E-state index contributed by atoms with van der Waals surface area (Å²) >= 11 is 0. The Balaban J connectivity index is 1.32. The largest absolute Gasteiger partial charge is 0.304 e. The van der Waals surface area contributed by atoms with Gasteiger partial charge in [-0.25, -0.2) is 14.7 Å². The number of carbonyl (C=O) groups is 1. The number of hydrogen-bond acceptors (Lipinski definition) is 5. The first-order valence-corrected chi connectivity index (χ1v) is 8.76. The van der Waals surface area contributed by atoms with Crippen LogP contribution in [0.15, 0.2) is 35.4 Å². The Bertz CT molecular complexity index is 797. The summed E-state index contributed by atoms with van der Waals surface area (Å²) in [5.74, 6) is 1.87. The second kappa shape index (κ2) is 6.76. The molecule has 0 saturated carbocycles. The van der Waals surface area contributed by atoms with E-state index in [1.807, 2.05) is 41.9 Å². The predicted molar refractivity (Wildman–Crippen MR) is 94.2 cm³/mol. The van der Waals surface area contributed by atoms with Gasteiger partial charge in [0.15, 0.2) is 0 Å². The van der Waals surface area contributed by atoms with Crippen molar-refractivity contribution in [3.63, 3.8) is 0 Å². The average Bonchev–Trinajstić information content (AvgIpc) is 3.26. The van der Waals surface area contributed by atoms with Crippen molar-refractivity contribution in [2.45, 2.75) is 38.8 Å². The van der Waals surface area contributed by atoms with Crippen LogP contribution in [0, 0.1) is 6.92 Å². The molecule has 1 atom stereocenters. The summed E-state index contributed by atoms with van der Waals surface area (Å²) < 4.78 is 1.95. The van der Waals surface area contributed by atoms with Crippen molar-refractivity contribution in [3.05, 3.63) is 47.5 Å². The fourth-order valence-electron chi connectivity index (χ4n) is 3.39. The highest BCUT2D eigenvalue weighted by molar-refractivity contribution is 6.02. The van der Waals surface area contributed by atoms with Gasteiger partial charge in [-0.15, -0.1) is 0 Å². The van der Waals surface area contributed by atoms with E-state index in [2.05, 4.69) is 20.5 Å². The van der Waals surface area contributed by atoms with Crippen LogP contribution in [0.25, 0.3) is 0 Å². The quantitative estimate of drug-likeness (QED) is 0.907. The van der Waals surface area contributed by atoms with Crippen molar-refractivity contribution in [2.24, 2.45) is 5.10 Å². The molecule has 1 N–H and O–H groups in total. The lowest BCUT2D eigenvalue weighted by Gasteiger charge is -2.24. The number of fused-ring (bicyclic) bond motifs is 1. The zero-order chi connectivity index (χ0) is 17.2. The number of hydrazone groups is 1. The Morgan fingerprint density at radius 2 is 2.12 bits per heavy atom. The summed E-state index contributed by atoms with van der Waals surface area (Å²) in [7, 11) is 0. The SMILES string of the molecule is Cc1nc2n(n1)C[C@@H](NCC(=O)N1CCC(c3ccccc3)=N1)CC2. The molecule has 0 saturated heterocycles. The van der Waals surface area contributed by atoms with E-state index in [-0.39, 0.29) is 11.9 Å². The summed E-state index contributed by atoms with van der Waals surface area (Å²) in [5, 5.41) is 13.8. The zero-order valence-corrected chi connectivity index (χ0v) is 14.4. The summed E-state index contributed by atoms with van der Waals surface area (Å²) in [5.41, 5.74) is 2.07. The molecule has 25 heavy (non-hydrogen) atoms. The van der Waals surface area contributed by atoms with Crippen LogP contribution in [0.4, 0.5) is 0 Å². The molecule has 7 nitrogen and oxygen atoms in total. The number of nitrogens with zero attached hydrogens (tertiary/aromatic N) is 5. The number of amides is 1. The Labute approximate surface area is 146 Å². The Kier molecular flexibility index (Phi) is 4.31. The van der Waals surface area contributed by atoms with Gasteiger partial charge in [0.1, 0.15) is 11.6 Å². The molecule has 0 aliphatic carbocycles. The van der Waals surface area contributed by atoms with Crippen LogP contribution in [0.1, 0.15) is 30.1 Å². The van der Waals surface area contributed by atoms with E-state index in [0.29, 0.717) is 13.1 Å². The average molecular weight is 338 g/mol. The second-order valence-electron chi connectivity index (χ2n) is 6.55. The Morgan fingerprint density at radius 1 is 1.28 bits per heavy atom. The third kappa shape index (κ3) is 3.46. The number of carbonyl (C=O) groups excluding carboxylic acids is 1. The van der Waals surface area contributed by atoms with Crippen molar-refractivity contribution in [2.75, 3.05) is 13.1 Å². The maximum atomic E-state index is 12.4. The highest BCUT2D eigenvalue weighted by Crippen LogP contribution is 2.15. The standard InChI is InChI=1S/C18H22N6O/c1-13-20-17-8-7-15(12-24(17)21-13)19-11-18(25)23-10-9-16(22-23)14-5-3-2-4-6-14/h2-6,15,19H,7-12H2,1H3/t15-/m0/s1. The molecule has 1 aromatic carbocycles. The third-order valence-corrected chi connectivity index (χ3v) is 4.70. The first-order valence-electron chi connectivity index (χ1n) is 8.76. The lowest BCUT2D eigenvalue weighted by Crippen LogP contribution is -2.43. The summed E-state index contributed by atoms with van der Waals surface area (Å²) in [4.78, 5) is 16.8. The van der Waals surface area contributed by atoms with Crippen molar-refractivity contribution in [1.29, 1.82) is 0 Å². The fourth-order valence-corrected chi connectivity index (χ4v) is 3.39. The molecule has 2 aromatic rings. The monoisotopic (exact) mass is 338 g/mol. The summed E-state index contributed by atoms with van der Waals surface area (Å²) in [6.07, 6.45) is 2.68. The fraction of sp³-hybridized carbons (Fsp3) is 0.444. The van der Waals surface area contributed by atoms with Crippen LogP contribution in [0.3, 0.4) is 0 Å². The molecule has 2 aliphatic rings. The third-order valence-electron chi connectivity index (χ3n) is 4.70. The smallest absolute Gasteiger partial charge is 0.256 e. The molecule has 4 rings (SSSR count). The molecule has 0 radical (unpaired) electrons. The minimum absolute atomic E-state index is 0.0199. The van der Waals surface area contributed by atoms with E-state index >= 15 is 0 Å². The Morgan fingerprint density at radius 3 is 2.96 bits per heavy atom. The van der Waals surface area contributed by atoms with E-state index in [1.165, 1.54) is 0 Å². The molecular formula is C18H22N6O. The van der Waals surface area contributed by atoms with E-state index in [0.717, 1.165) is 48.7 Å². The number of aryl methyl sites for hydroxylation is 2. The van der Waals surface area contributed by atoms with Gasteiger partial charge in [-0.3, -0.25) is 4.79 Å². The number of benzene rings is 1. The first-order chi connectivity index (χ1) is 12.2. The molecule has 1 aromatic heterocycles. The van der Waals surface area contributed by atoms with Crippen LogP contribution in [-0.4, -0.2) is 50.5 Å². The first kappa shape index (κ1) is 16.0. The van der Waals surface area contributed by atoms with Gasteiger partial charge in [0.05, 0.1) is 25.3 Å². The molecule has 0 bridgehead atoms. The van der Waals surface area contributed by atoms with Gasteiger partial charge in [0.25, 0.3) is 5.91 Å². The molecule has 1 amide bonds. The van der Waals surface area contributed by atoms with Crippen molar-refractivity contribution in [1.82, 2.24) is 25.1 Å². The molecule has 0 fully saturated rings. The van der Waals surface area contributed by atoms with Crippen LogP contribution < -0.4 is 5.32 Å². The molecule has 0 spiro atoms. The molecule has 0 unspecified atom stereocenters. The molecule has 2 aliphatic heterocycles. The predicted octanol–water partition coefficient (Wildman–Crippen LogP) is 1.13. The highest BCUT2D eigenvalue weighted by atomic mass is 16.2. The van der Waals surface area contributed by atoms with Gasteiger partial charge in [-0.05, 0) is 18.9 Å². The number of aromatic nitrogens is 3. The Hall–Kier alpha value is -2.54. The highest BCUT2D eigenvalue weighted by Gasteiger charge is 2.24. The van der Waals surface area contributed by atoms with Gasteiger partial charge in [-0.2, -0.15) is 10.2 Å². The normalized spacial score (nSPS) is 19.6. The van der Waals surface area contributed by atoms with Gasteiger partial charge >= 0.3 is 0 Å². The van der Waals surface area contributed by atoms with Gasteiger partial charge in [0.2, 0.25) is 0 Å². The molecular weight excluding hydrogens is 316 g/mol. The van der Waals surface area contributed by atoms with Crippen LogP contribution in [0.2, 0.25) is 0 Å². The van der Waals surface area contributed by atoms with Crippen LogP contribution in [0.5, 0.6) is 0 Å². The summed E-state index contributed by atoms with van der Waals surface area (Å²) in [6.45, 7) is 3.63. The van der Waals surface area contributed by atoms with Crippen molar-refractivity contribution in [3.8, 4) is 0 Å². The van der Waals surface area contributed by atoms with E-state index in [1.54, 1.807) is 5.01 Å². The summed E-state index contributed by atoms with van der Waals surface area (Å²) in [6, 6.07) is 10.3. The van der Waals surface area contributed by atoms with Crippen LogP contribution >= 0.6 is 0 Å². The van der Waals surface area contributed by atoms with Gasteiger partial charge < -0.3 is 5.32 Å². The topological polar surface area (TPSA) is 75.4 Å². The molecule has 3 heterocycles. The minimum atomic E-state index is 0.0199. The van der Waals surface area contributed by atoms with Gasteiger partial charge in [-0.1, -0.05) is 30.3 Å². The van der Waals surface area contributed by atoms with Crippen molar-refractivity contribution >= 4 is 11.6 Å². The number of hydrogen-bond donors (Lipinski definition) is 1. The molecule has 7 heteroatoms. The lowest BCUT2D eigenvalue weighted by atomic mass is 10.1. The second-order valence-corrected chi connectivity index (χ2v) is 6.55. The van der Waals surface area contributed by atoms with Gasteiger partial charge in [0, 0.05) is 18.9 Å². The van der Waals surface area contributed by atoms with Crippen molar-refractivity contribution < 1.29 is 4.79 Å².